The largest absolute Gasteiger partial charge is 0.423 e. The molecule has 1 saturated heterocycles. The van der Waals surface area contributed by atoms with Crippen LogP contribution in [-0.4, -0.2) is 35.8 Å². The van der Waals surface area contributed by atoms with Crippen molar-refractivity contribution >= 4 is 22.8 Å². The lowest BCUT2D eigenvalue weighted by Crippen LogP contribution is -2.46. The zero-order valence-electron chi connectivity index (χ0n) is 18.5. The summed E-state index contributed by atoms with van der Waals surface area (Å²) in [5.74, 6) is -0.0512. The Balaban J connectivity index is 1.31. The number of carbonyl (C=O) groups is 2. The fourth-order valence-corrected chi connectivity index (χ4v) is 4.32. The van der Waals surface area contributed by atoms with Gasteiger partial charge in [-0.05, 0) is 62.4 Å². The molecule has 3 aromatic rings. The van der Waals surface area contributed by atoms with Crippen molar-refractivity contribution in [3.8, 4) is 0 Å². The molecule has 2 amide bonds. The number of hydrogen-bond acceptors (Lipinski definition) is 4. The summed E-state index contributed by atoms with van der Waals surface area (Å²) in [6.07, 6.45) is 2.02. The second-order valence-electron chi connectivity index (χ2n) is 8.49. The summed E-state index contributed by atoms with van der Waals surface area (Å²) in [5, 5.41) is 3.97. The van der Waals surface area contributed by atoms with Crippen molar-refractivity contribution < 1.29 is 14.0 Å². The Morgan fingerprint density at radius 3 is 2.50 bits per heavy atom. The molecule has 1 aromatic heterocycles. The summed E-state index contributed by atoms with van der Waals surface area (Å²) < 4.78 is 5.48. The van der Waals surface area contributed by atoms with Crippen LogP contribution in [0, 0.1) is 13.8 Å². The van der Waals surface area contributed by atoms with Gasteiger partial charge < -0.3 is 14.6 Å². The standard InChI is InChI=1S/C26H28N2O4/c1-17-8-9-21-18(2)22(26(31)32-23(21)16-17)10-11-24(29)27-20-12-14-28(15-13-20)25(30)19-6-4-3-5-7-19/h3-9,16,20H,10-15H2,1-2H3,(H,27,29). The number of likely N-dealkylation sites (tertiary alicyclic amines) is 1. The van der Waals surface area contributed by atoms with Gasteiger partial charge in [0.2, 0.25) is 5.91 Å². The van der Waals surface area contributed by atoms with Gasteiger partial charge in [-0.3, -0.25) is 9.59 Å². The second kappa shape index (κ2) is 9.39. The maximum atomic E-state index is 12.6. The average Bonchev–Trinajstić information content (AvgIpc) is 2.79. The zero-order chi connectivity index (χ0) is 22.7. The molecule has 0 spiro atoms. The van der Waals surface area contributed by atoms with Gasteiger partial charge in [-0.2, -0.15) is 0 Å². The Morgan fingerprint density at radius 1 is 1.06 bits per heavy atom. The number of nitrogens with one attached hydrogen (secondary N) is 1. The van der Waals surface area contributed by atoms with E-state index in [1.165, 1.54) is 0 Å². The number of hydrogen-bond donors (Lipinski definition) is 1. The van der Waals surface area contributed by atoms with Gasteiger partial charge >= 0.3 is 5.63 Å². The highest BCUT2D eigenvalue weighted by Crippen LogP contribution is 2.21. The molecular weight excluding hydrogens is 404 g/mol. The third-order valence-electron chi connectivity index (χ3n) is 6.21. The highest BCUT2D eigenvalue weighted by atomic mass is 16.4. The van der Waals surface area contributed by atoms with Gasteiger partial charge in [0, 0.05) is 42.1 Å². The Morgan fingerprint density at radius 2 is 1.78 bits per heavy atom. The van der Waals surface area contributed by atoms with E-state index in [2.05, 4.69) is 5.32 Å². The monoisotopic (exact) mass is 432 g/mol. The number of carbonyl (C=O) groups excluding carboxylic acids is 2. The fourth-order valence-electron chi connectivity index (χ4n) is 4.32. The first-order valence-electron chi connectivity index (χ1n) is 11.1. The van der Waals surface area contributed by atoms with E-state index in [1.54, 1.807) is 0 Å². The molecule has 0 atom stereocenters. The molecule has 6 heteroatoms. The number of rotatable bonds is 5. The zero-order valence-corrected chi connectivity index (χ0v) is 18.5. The molecule has 0 unspecified atom stereocenters. The third kappa shape index (κ3) is 4.74. The van der Waals surface area contributed by atoms with Crippen LogP contribution >= 0.6 is 0 Å². The van der Waals surface area contributed by atoms with E-state index in [4.69, 9.17) is 4.42 Å². The van der Waals surface area contributed by atoms with Crippen molar-refractivity contribution in [3.63, 3.8) is 0 Å². The third-order valence-corrected chi connectivity index (χ3v) is 6.21. The molecule has 32 heavy (non-hydrogen) atoms. The molecule has 166 valence electrons. The summed E-state index contributed by atoms with van der Waals surface area (Å²) in [6, 6.07) is 15.1. The first kappa shape index (κ1) is 21.8. The Kier molecular flexibility index (Phi) is 6.40. The van der Waals surface area contributed by atoms with Crippen LogP contribution in [0.15, 0.2) is 57.7 Å². The van der Waals surface area contributed by atoms with Crippen molar-refractivity contribution in [3.05, 3.63) is 81.2 Å². The van der Waals surface area contributed by atoms with E-state index in [-0.39, 0.29) is 29.9 Å². The average molecular weight is 433 g/mol. The molecule has 4 rings (SSSR count). The number of piperidine rings is 1. The van der Waals surface area contributed by atoms with Crippen LogP contribution in [0.5, 0.6) is 0 Å². The summed E-state index contributed by atoms with van der Waals surface area (Å²) in [4.78, 5) is 39.4. The van der Waals surface area contributed by atoms with Crippen molar-refractivity contribution in [2.45, 2.75) is 45.6 Å². The lowest BCUT2D eigenvalue weighted by Gasteiger charge is -2.32. The van der Waals surface area contributed by atoms with E-state index < -0.39 is 0 Å². The molecule has 1 fully saturated rings. The minimum Gasteiger partial charge on any atom is -0.423 e. The van der Waals surface area contributed by atoms with Crippen LogP contribution in [0.3, 0.4) is 0 Å². The van der Waals surface area contributed by atoms with Crippen molar-refractivity contribution in [1.82, 2.24) is 10.2 Å². The first-order chi connectivity index (χ1) is 15.4. The molecule has 1 aliphatic heterocycles. The second-order valence-corrected chi connectivity index (χ2v) is 8.49. The van der Waals surface area contributed by atoms with Gasteiger partial charge in [0.1, 0.15) is 5.58 Å². The number of amides is 2. The maximum absolute atomic E-state index is 12.6. The molecule has 0 saturated carbocycles. The van der Waals surface area contributed by atoms with E-state index in [0.717, 1.165) is 29.4 Å². The Labute approximate surface area is 187 Å². The number of aryl methyl sites for hydroxylation is 2. The predicted molar refractivity (Wildman–Crippen MR) is 124 cm³/mol. The summed E-state index contributed by atoms with van der Waals surface area (Å²) in [6.45, 7) is 5.09. The lowest BCUT2D eigenvalue weighted by atomic mass is 10.0. The molecule has 0 bridgehead atoms. The topological polar surface area (TPSA) is 79.6 Å². The number of benzene rings is 2. The van der Waals surface area contributed by atoms with Gasteiger partial charge in [-0.15, -0.1) is 0 Å². The van der Waals surface area contributed by atoms with E-state index in [9.17, 15) is 14.4 Å². The molecule has 1 aliphatic rings. The molecule has 2 aromatic carbocycles. The van der Waals surface area contributed by atoms with Crippen LogP contribution in [0.2, 0.25) is 0 Å². The lowest BCUT2D eigenvalue weighted by molar-refractivity contribution is -0.122. The number of fused-ring (bicyclic) bond motifs is 1. The normalized spacial score (nSPS) is 14.5. The van der Waals surface area contributed by atoms with Crippen LogP contribution in [0.1, 0.15) is 46.3 Å². The predicted octanol–water partition coefficient (Wildman–Crippen LogP) is 3.76. The fraction of sp³-hybridized carbons (Fsp3) is 0.346. The highest BCUT2D eigenvalue weighted by Gasteiger charge is 2.24. The first-order valence-corrected chi connectivity index (χ1v) is 11.1. The van der Waals surface area contributed by atoms with E-state index >= 15 is 0 Å². The summed E-state index contributed by atoms with van der Waals surface area (Å²) in [5.41, 5.74) is 3.36. The minimum atomic E-state index is -0.374. The van der Waals surface area contributed by atoms with Crippen LogP contribution in [-0.2, 0) is 11.2 Å². The Hall–Kier alpha value is -3.41. The van der Waals surface area contributed by atoms with Gasteiger partial charge in [-0.1, -0.05) is 30.3 Å². The highest BCUT2D eigenvalue weighted by molar-refractivity contribution is 5.94. The Bertz CT molecular complexity index is 1190. The van der Waals surface area contributed by atoms with E-state index in [0.29, 0.717) is 36.2 Å². The minimum absolute atomic E-state index is 0.0316. The van der Waals surface area contributed by atoms with Crippen LogP contribution in [0.4, 0.5) is 0 Å². The van der Waals surface area contributed by atoms with Gasteiger partial charge in [0.25, 0.3) is 5.91 Å². The van der Waals surface area contributed by atoms with Crippen LogP contribution in [0.25, 0.3) is 11.0 Å². The van der Waals surface area contributed by atoms with E-state index in [1.807, 2.05) is 67.3 Å². The van der Waals surface area contributed by atoms with Crippen molar-refractivity contribution in [2.24, 2.45) is 0 Å². The van der Waals surface area contributed by atoms with Gasteiger partial charge in [-0.25, -0.2) is 4.79 Å². The molecule has 0 aliphatic carbocycles. The summed E-state index contributed by atoms with van der Waals surface area (Å²) in [7, 11) is 0. The molecule has 0 radical (unpaired) electrons. The van der Waals surface area contributed by atoms with Gasteiger partial charge in [0.05, 0.1) is 0 Å². The smallest absolute Gasteiger partial charge is 0.339 e. The maximum Gasteiger partial charge on any atom is 0.339 e. The summed E-state index contributed by atoms with van der Waals surface area (Å²) >= 11 is 0. The molecule has 2 heterocycles. The van der Waals surface area contributed by atoms with Crippen molar-refractivity contribution in [1.29, 1.82) is 0 Å². The SMILES string of the molecule is Cc1ccc2c(C)c(CCC(=O)NC3CCN(C(=O)c4ccccc4)CC3)c(=O)oc2c1. The molecule has 1 N–H and O–H groups in total. The van der Waals surface area contributed by atoms with Crippen molar-refractivity contribution in [2.75, 3.05) is 13.1 Å². The molecule has 6 nitrogen and oxygen atoms in total. The van der Waals surface area contributed by atoms with Crippen LogP contribution < -0.4 is 10.9 Å². The van der Waals surface area contributed by atoms with Gasteiger partial charge in [0.15, 0.2) is 0 Å². The quantitative estimate of drug-likeness (QED) is 0.623. The molecular formula is C26H28N2O4. The number of nitrogens with zero attached hydrogens (tertiary/aromatic N) is 1.